The molecular weight excluding hydrogens is 783 g/mol. The second-order valence-corrected chi connectivity index (χ2v) is 22.9. The summed E-state index contributed by atoms with van der Waals surface area (Å²) in [6.45, 7) is -3.28. The second-order valence-electron chi connectivity index (χ2n) is 11.3. The van der Waals surface area contributed by atoms with Crippen molar-refractivity contribution in [1.29, 1.82) is 0 Å². The number of pyridine rings is 3. The zero-order chi connectivity index (χ0) is 39.3. The number of nitrogens with zero attached hydrogens (tertiary/aromatic N) is 3. The van der Waals surface area contributed by atoms with Crippen LogP contribution in [0.5, 0.6) is 0 Å². The summed E-state index contributed by atoms with van der Waals surface area (Å²) in [6, 6.07) is 22.9. The van der Waals surface area contributed by atoms with Gasteiger partial charge >= 0.3 is 128 Å². The van der Waals surface area contributed by atoms with Gasteiger partial charge in [0.2, 0.25) is 0 Å². The molecule has 0 saturated carbocycles. The Morgan fingerprint density at radius 2 is 1.84 bits per heavy atom. The van der Waals surface area contributed by atoms with Crippen molar-refractivity contribution in [2.45, 2.75) is 58.0 Å². The molecular formula is C37H39GeIrN3S-2. The van der Waals surface area contributed by atoms with Gasteiger partial charge in [-0.1, -0.05) is 29.9 Å². The van der Waals surface area contributed by atoms with Crippen molar-refractivity contribution >= 4 is 49.3 Å². The third-order valence-corrected chi connectivity index (χ3v) is 11.9. The number of hydrogen-bond donors (Lipinski definition) is 0. The van der Waals surface area contributed by atoms with Crippen LogP contribution in [0.25, 0.3) is 42.8 Å². The number of fused-ring (bicyclic) bond motifs is 3. The van der Waals surface area contributed by atoms with E-state index in [1.165, 1.54) is 30.5 Å². The van der Waals surface area contributed by atoms with Crippen LogP contribution in [-0.4, -0.2) is 28.2 Å². The van der Waals surface area contributed by atoms with Gasteiger partial charge in [-0.05, 0) is 36.2 Å². The zero-order valence-electron chi connectivity index (χ0n) is 35.6. The van der Waals surface area contributed by atoms with Crippen LogP contribution in [0, 0.1) is 38.6 Å². The molecule has 0 atom stereocenters. The molecule has 6 aromatic rings. The molecule has 43 heavy (non-hydrogen) atoms. The maximum Gasteiger partial charge on any atom is 0 e. The molecule has 0 unspecified atom stereocenters. The molecule has 0 N–H and O–H groups in total. The van der Waals surface area contributed by atoms with Gasteiger partial charge in [0.05, 0.1) is 0 Å². The van der Waals surface area contributed by atoms with Crippen LogP contribution < -0.4 is 4.40 Å². The molecule has 0 saturated heterocycles. The van der Waals surface area contributed by atoms with Crippen LogP contribution >= 0.6 is 11.3 Å². The van der Waals surface area contributed by atoms with Crippen LogP contribution in [0.4, 0.5) is 0 Å². The molecule has 1 radical (unpaired) electrons. The number of thiophene rings is 1. The molecule has 223 valence electrons. The molecule has 2 aromatic carbocycles. The summed E-state index contributed by atoms with van der Waals surface area (Å²) in [5, 5.41) is 0.931. The first-order chi connectivity index (χ1) is 24.4. The summed E-state index contributed by atoms with van der Waals surface area (Å²) in [4.78, 5) is 13.5. The predicted molar refractivity (Wildman–Crippen MR) is 183 cm³/mol. The monoisotopic (exact) mass is 835 g/mol. The van der Waals surface area contributed by atoms with Crippen molar-refractivity contribution in [3.63, 3.8) is 0 Å². The Kier molecular flexibility index (Phi) is 6.85. The first kappa shape index (κ1) is 21.1. The SMILES string of the molecule is [2H]C([2H])([2H])c1ccnc(-c2[c-]cc(C([2H])([2H])[2H])c3c2sc2nc(C([2H])([2H])[2H])ccc23)c1.[2H]C([2H])(c1cc(-c2[c-]cccc2)nc[c]1[Ge]([CH3])([CH3])[CH3])C(C)C.[Ir]. The molecule has 0 fully saturated rings. The third kappa shape index (κ3) is 7.69. The Labute approximate surface area is 292 Å². The number of aromatic nitrogens is 3. The van der Waals surface area contributed by atoms with E-state index >= 15 is 0 Å². The summed E-state index contributed by atoms with van der Waals surface area (Å²) in [6.07, 6.45) is 1.94. The van der Waals surface area contributed by atoms with Crippen LogP contribution in [-0.2, 0) is 26.5 Å². The van der Waals surface area contributed by atoms with Crippen molar-refractivity contribution in [1.82, 2.24) is 15.0 Å². The fraction of sp³-hybridized carbons (Fsp3) is 0.270. The maximum absolute atomic E-state index is 8.56. The maximum atomic E-state index is 8.56. The second kappa shape index (κ2) is 13.9. The van der Waals surface area contributed by atoms with Gasteiger partial charge in [0.1, 0.15) is 4.83 Å². The summed E-state index contributed by atoms with van der Waals surface area (Å²) in [7, 11) is 0. The van der Waals surface area contributed by atoms with Gasteiger partial charge in [-0.15, -0.1) is 23.3 Å². The Hall–Kier alpha value is -2.70. The normalized spacial score (nSPS) is 16.4. The van der Waals surface area contributed by atoms with Gasteiger partial charge in [0.25, 0.3) is 0 Å². The van der Waals surface area contributed by atoms with Crippen LogP contribution in [0.2, 0.25) is 17.3 Å². The zero-order valence-corrected chi connectivity index (χ0v) is 29.9. The number of aryl methyl sites for hydroxylation is 3. The van der Waals surface area contributed by atoms with Gasteiger partial charge in [0, 0.05) is 49.7 Å². The minimum atomic E-state index is -2.43. The Bertz CT molecular complexity index is 2260. The number of hydrogen-bond acceptors (Lipinski definition) is 4. The van der Waals surface area contributed by atoms with E-state index < -0.39 is 40.2 Å². The van der Waals surface area contributed by atoms with E-state index in [2.05, 4.69) is 44.4 Å². The van der Waals surface area contributed by atoms with Crippen molar-refractivity contribution in [2.75, 3.05) is 0 Å². The van der Waals surface area contributed by atoms with E-state index in [0.29, 0.717) is 31.6 Å². The smallest absolute Gasteiger partial charge is 0 e. The molecule has 0 bridgehead atoms. The van der Waals surface area contributed by atoms with E-state index in [4.69, 9.17) is 15.1 Å². The van der Waals surface area contributed by atoms with Crippen LogP contribution in [0.1, 0.15) is 51.3 Å². The topological polar surface area (TPSA) is 38.7 Å². The number of rotatable bonds is 5. The Balaban J connectivity index is 0.000000250. The van der Waals surface area contributed by atoms with Crippen molar-refractivity contribution in [2.24, 2.45) is 5.92 Å². The molecule has 0 aliphatic rings. The summed E-state index contributed by atoms with van der Waals surface area (Å²) in [5.41, 5.74) is 3.38. The van der Waals surface area contributed by atoms with Gasteiger partial charge in [0.15, 0.2) is 0 Å². The van der Waals surface area contributed by atoms with E-state index in [0.717, 1.165) is 32.6 Å². The fourth-order valence-corrected chi connectivity index (χ4v) is 8.80. The molecule has 4 aromatic heterocycles. The van der Waals surface area contributed by atoms with E-state index in [9.17, 15) is 0 Å². The molecule has 0 aliphatic heterocycles. The van der Waals surface area contributed by atoms with E-state index in [1.54, 1.807) is 6.07 Å². The van der Waals surface area contributed by atoms with Crippen LogP contribution in [0.3, 0.4) is 0 Å². The first-order valence-electron chi connectivity index (χ1n) is 19.1. The van der Waals surface area contributed by atoms with Crippen LogP contribution in [0.15, 0.2) is 73.1 Å². The van der Waals surface area contributed by atoms with E-state index in [-0.39, 0.29) is 42.8 Å². The van der Waals surface area contributed by atoms with Crippen molar-refractivity contribution < 1.29 is 35.2 Å². The molecule has 4 heterocycles. The molecule has 3 nitrogen and oxygen atoms in total. The van der Waals surface area contributed by atoms with Gasteiger partial charge in [-0.25, -0.2) is 4.98 Å². The van der Waals surface area contributed by atoms with Crippen molar-refractivity contribution in [3.8, 4) is 22.5 Å². The molecule has 0 amide bonds. The molecule has 6 rings (SSSR count). The average molecular weight is 834 g/mol. The predicted octanol–water partition coefficient (Wildman–Crippen LogP) is 9.53. The molecule has 6 heteroatoms. The largest absolute Gasteiger partial charge is 0 e. The Morgan fingerprint density at radius 3 is 2.53 bits per heavy atom. The number of benzene rings is 2. The van der Waals surface area contributed by atoms with Crippen molar-refractivity contribution in [3.05, 3.63) is 108 Å². The minimum Gasteiger partial charge on any atom is 0 e. The van der Waals surface area contributed by atoms with Gasteiger partial charge < -0.3 is 4.98 Å². The quantitative estimate of drug-likeness (QED) is 0.128. The average Bonchev–Trinajstić information content (AvgIpc) is 3.45. The summed E-state index contributed by atoms with van der Waals surface area (Å²) >= 11 is -1.07. The van der Waals surface area contributed by atoms with Gasteiger partial charge in [-0.3, -0.25) is 0 Å². The standard InChI is InChI=1S/C19H15N2S.C18H24GeN.Ir/c1-11-8-9-20-16(10-11)14-6-4-12(2)17-15-7-5-13(3)21-19(15)22-18(14)17;1-14(2)11-16-12-18(15-9-7-6-8-10-15)20-13-17(16)19(3,4)5;/h4-5,7-10H,1-3H3;6-9,12-14H,11H2,1-5H3;/q2*-1;/i1D3,2D3,3D3;11D2;. The molecule has 0 aliphatic carbocycles. The van der Waals surface area contributed by atoms with E-state index in [1.807, 2.05) is 50.4 Å². The minimum absolute atomic E-state index is 0. The summed E-state index contributed by atoms with van der Waals surface area (Å²) < 4.78 is 88.3. The first-order valence-corrected chi connectivity index (χ1v) is 21.8. The molecule has 0 spiro atoms. The third-order valence-electron chi connectivity index (χ3n) is 6.57. The van der Waals surface area contributed by atoms with Gasteiger partial charge in [-0.2, -0.15) is 11.3 Å². The summed E-state index contributed by atoms with van der Waals surface area (Å²) in [5.74, 6) is 6.77. The Morgan fingerprint density at radius 1 is 0.977 bits per heavy atom. The fourth-order valence-electron chi connectivity index (χ4n) is 4.64.